The molecule has 0 bridgehead atoms. The van der Waals surface area contributed by atoms with Crippen LogP contribution >= 0.6 is 11.3 Å². The Morgan fingerprint density at radius 2 is 1.56 bits per heavy atom. The monoisotopic (exact) mass is 403 g/mol. The summed E-state index contributed by atoms with van der Waals surface area (Å²) in [5.74, 6) is -0.609. The quantitative estimate of drug-likeness (QED) is 0.494. The van der Waals surface area contributed by atoms with Gasteiger partial charge in [-0.1, -0.05) is 0 Å². The Bertz CT molecular complexity index is 990. The maximum absolute atomic E-state index is 13.0. The summed E-state index contributed by atoms with van der Waals surface area (Å²) >= 11 is 1.03. The molecule has 0 fully saturated rings. The number of rotatable bonds is 2. The Hall–Kier alpha value is -2.55. The molecule has 2 nitrogen and oxygen atoms in total. The highest BCUT2D eigenvalue weighted by atomic mass is 32.1. The molecule has 0 unspecified atom stereocenters. The number of thiazole rings is 1. The first-order chi connectivity index (χ1) is 12.4. The second kappa shape index (κ2) is 6.56. The third kappa shape index (κ3) is 4.08. The van der Waals surface area contributed by atoms with Crippen LogP contribution in [0.5, 0.6) is 5.75 Å². The molecule has 2 aromatic carbocycles. The molecule has 0 aliphatic rings. The van der Waals surface area contributed by atoms with Crippen molar-refractivity contribution in [2.75, 3.05) is 0 Å². The molecule has 0 spiro atoms. The van der Waals surface area contributed by atoms with Gasteiger partial charge in [0.2, 0.25) is 0 Å². The van der Waals surface area contributed by atoms with Crippen LogP contribution in [0.4, 0.5) is 26.3 Å². The summed E-state index contributed by atoms with van der Waals surface area (Å²) < 4.78 is 77.0. The lowest BCUT2D eigenvalue weighted by atomic mass is 10.1. The van der Waals surface area contributed by atoms with Crippen molar-refractivity contribution in [3.63, 3.8) is 0 Å². The van der Waals surface area contributed by atoms with Crippen molar-refractivity contribution in [2.45, 2.75) is 19.3 Å². The average molecular weight is 403 g/mol. The Labute approximate surface area is 153 Å². The number of phenolic OH excluding ortho intramolecular Hbond substituents is 1. The molecule has 1 N–H and O–H groups in total. The SMILES string of the molecule is Cc1cc(-c2nc(-c3ccc(C(F)(F)F)cc3O)cs2)cc(C(F)(F)F)c1. The second-order valence-corrected chi connectivity index (χ2v) is 6.71. The summed E-state index contributed by atoms with van der Waals surface area (Å²) in [4.78, 5) is 4.18. The average Bonchev–Trinajstić information content (AvgIpc) is 3.02. The van der Waals surface area contributed by atoms with Crippen molar-refractivity contribution < 1.29 is 31.4 Å². The molecule has 1 heterocycles. The summed E-state index contributed by atoms with van der Waals surface area (Å²) in [6.45, 7) is 1.52. The number of halogens is 6. The first-order valence-corrected chi connectivity index (χ1v) is 8.38. The molecule has 1 aromatic heterocycles. The molecule has 27 heavy (non-hydrogen) atoms. The highest BCUT2D eigenvalue weighted by Gasteiger charge is 2.32. The minimum Gasteiger partial charge on any atom is -0.507 e. The van der Waals surface area contributed by atoms with Crippen molar-refractivity contribution >= 4 is 11.3 Å². The molecule has 0 aliphatic heterocycles. The van der Waals surface area contributed by atoms with Crippen LogP contribution < -0.4 is 0 Å². The van der Waals surface area contributed by atoms with Crippen LogP contribution in [0.15, 0.2) is 41.8 Å². The Balaban J connectivity index is 2.00. The van der Waals surface area contributed by atoms with Crippen molar-refractivity contribution in [2.24, 2.45) is 0 Å². The van der Waals surface area contributed by atoms with Crippen LogP contribution in [0.2, 0.25) is 0 Å². The maximum atomic E-state index is 13.0. The van der Waals surface area contributed by atoms with Crippen LogP contribution in [0.1, 0.15) is 16.7 Å². The van der Waals surface area contributed by atoms with Gasteiger partial charge in [0.05, 0.1) is 16.8 Å². The van der Waals surface area contributed by atoms with Gasteiger partial charge < -0.3 is 5.11 Å². The van der Waals surface area contributed by atoms with Gasteiger partial charge in [-0.25, -0.2) is 4.98 Å². The number of aryl methyl sites for hydroxylation is 1. The van der Waals surface area contributed by atoms with Crippen molar-refractivity contribution in [3.05, 3.63) is 58.5 Å². The Morgan fingerprint density at radius 3 is 2.15 bits per heavy atom. The van der Waals surface area contributed by atoms with Gasteiger partial charge >= 0.3 is 12.4 Å². The number of phenols is 1. The number of aromatic nitrogens is 1. The van der Waals surface area contributed by atoms with Crippen molar-refractivity contribution in [3.8, 4) is 27.6 Å². The minimum absolute atomic E-state index is 0.0641. The van der Waals surface area contributed by atoms with E-state index in [-0.39, 0.29) is 21.8 Å². The standard InChI is InChI=1S/C18H11F6NOS/c1-9-4-10(6-12(5-9)18(22,23)24)16-25-14(8-27-16)13-3-2-11(7-15(13)26)17(19,20)21/h2-8,26H,1H3. The van der Waals surface area contributed by atoms with E-state index in [2.05, 4.69) is 4.98 Å². The fraction of sp³-hybridized carbons (Fsp3) is 0.167. The van der Waals surface area contributed by atoms with E-state index in [0.29, 0.717) is 11.6 Å². The molecule has 0 aliphatic carbocycles. The van der Waals surface area contributed by atoms with Crippen LogP contribution in [0, 0.1) is 6.92 Å². The molecule has 0 saturated carbocycles. The lowest BCUT2D eigenvalue weighted by Crippen LogP contribution is -2.05. The molecule has 0 radical (unpaired) electrons. The zero-order valence-electron chi connectivity index (χ0n) is 13.6. The van der Waals surface area contributed by atoms with E-state index in [1.165, 1.54) is 18.4 Å². The van der Waals surface area contributed by atoms with Gasteiger partial charge in [0.15, 0.2) is 0 Å². The largest absolute Gasteiger partial charge is 0.507 e. The fourth-order valence-electron chi connectivity index (χ4n) is 2.52. The molecule has 9 heteroatoms. The smallest absolute Gasteiger partial charge is 0.416 e. The summed E-state index contributed by atoms with van der Waals surface area (Å²) in [6.07, 6.45) is -9.11. The van der Waals surface area contributed by atoms with Gasteiger partial charge in [-0.05, 0) is 48.9 Å². The van der Waals surface area contributed by atoms with E-state index in [1.54, 1.807) is 0 Å². The maximum Gasteiger partial charge on any atom is 0.416 e. The van der Waals surface area contributed by atoms with E-state index in [0.717, 1.165) is 35.6 Å². The summed E-state index contributed by atoms with van der Waals surface area (Å²) in [6, 6.07) is 5.98. The third-order valence-corrected chi connectivity index (χ3v) is 4.65. The van der Waals surface area contributed by atoms with E-state index in [1.807, 2.05) is 0 Å². The van der Waals surface area contributed by atoms with Gasteiger partial charge in [0.25, 0.3) is 0 Å². The molecule has 3 aromatic rings. The highest BCUT2D eigenvalue weighted by molar-refractivity contribution is 7.13. The Kier molecular flexibility index (Phi) is 4.67. The predicted molar refractivity (Wildman–Crippen MR) is 89.4 cm³/mol. The summed E-state index contributed by atoms with van der Waals surface area (Å²) in [5, 5.41) is 11.6. The molecule has 0 atom stereocenters. The summed E-state index contributed by atoms with van der Waals surface area (Å²) in [5.41, 5.74) is -0.941. The number of benzene rings is 2. The van der Waals surface area contributed by atoms with Gasteiger partial charge in [-0.3, -0.25) is 0 Å². The lowest BCUT2D eigenvalue weighted by Gasteiger charge is -2.09. The molecular weight excluding hydrogens is 392 g/mol. The molecular formula is C18H11F6NOS. The minimum atomic E-state index is -4.60. The number of nitrogens with zero attached hydrogens (tertiary/aromatic N) is 1. The fourth-order valence-corrected chi connectivity index (χ4v) is 3.33. The molecule has 3 rings (SSSR count). The van der Waals surface area contributed by atoms with Crippen LogP contribution in [-0.2, 0) is 12.4 Å². The van der Waals surface area contributed by atoms with Crippen LogP contribution in [0.3, 0.4) is 0 Å². The first kappa shape index (κ1) is 19.2. The van der Waals surface area contributed by atoms with E-state index in [4.69, 9.17) is 0 Å². The highest BCUT2D eigenvalue weighted by Crippen LogP contribution is 2.39. The van der Waals surface area contributed by atoms with Gasteiger partial charge in [-0.15, -0.1) is 11.3 Å². The van der Waals surface area contributed by atoms with Gasteiger partial charge in [-0.2, -0.15) is 26.3 Å². The molecule has 142 valence electrons. The summed E-state index contributed by atoms with van der Waals surface area (Å²) in [7, 11) is 0. The molecule has 0 amide bonds. The second-order valence-electron chi connectivity index (χ2n) is 5.85. The zero-order chi connectivity index (χ0) is 20.0. The number of alkyl halides is 6. The van der Waals surface area contributed by atoms with Crippen LogP contribution in [0.25, 0.3) is 21.8 Å². The Morgan fingerprint density at radius 1 is 0.889 bits per heavy atom. The zero-order valence-corrected chi connectivity index (χ0v) is 14.4. The predicted octanol–water partition coefficient (Wildman–Crippen LogP) is 6.53. The normalized spacial score (nSPS) is 12.4. The van der Waals surface area contributed by atoms with Gasteiger partial charge in [0, 0.05) is 16.5 Å². The van der Waals surface area contributed by atoms with Gasteiger partial charge in [0.1, 0.15) is 10.8 Å². The third-order valence-electron chi connectivity index (χ3n) is 3.76. The lowest BCUT2D eigenvalue weighted by molar-refractivity contribution is -0.138. The van der Waals surface area contributed by atoms with E-state index in [9.17, 15) is 31.4 Å². The van der Waals surface area contributed by atoms with Crippen molar-refractivity contribution in [1.82, 2.24) is 4.98 Å². The number of aromatic hydroxyl groups is 1. The van der Waals surface area contributed by atoms with Crippen LogP contribution in [-0.4, -0.2) is 10.1 Å². The number of hydrogen-bond acceptors (Lipinski definition) is 3. The van der Waals surface area contributed by atoms with E-state index < -0.39 is 29.2 Å². The first-order valence-electron chi connectivity index (χ1n) is 7.50. The topological polar surface area (TPSA) is 33.1 Å². The molecule has 0 saturated heterocycles. The van der Waals surface area contributed by atoms with Crippen molar-refractivity contribution in [1.29, 1.82) is 0 Å². The number of hydrogen-bond donors (Lipinski definition) is 1. The van der Waals surface area contributed by atoms with E-state index >= 15 is 0 Å².